The highest BCUT2D eigenvalue weighted by Gasteiger charge is 2.29. The van der Waals surface area contributed by atoms with Crippen LogP contribution in [0.4, 0.5) is 14.5 Å². The van der Waals surface area contributed by atoms with Crippen LogP contribution in [0.5, 0.6) is 0 Å². The average molecular weight is 550 g/mol. The monoisotopic (exact) mass is 549 g/mol. The van der Waals surface area contributed by atoms with E-state index in [0.29, 0.717) is 51.6 Å². The Hall–Kier alpha value is -3.38. The van der Waals surface area contributed by atoms with Gasteiger partial charge >= 0.3 is 0 Å². The summed E-state index contributed by atoms with van der Waals surface area (Å²) in [5.41, 5.74) is 8.08. The lowest BCUT2D eigenvalue weighted by molar-refractivity contribution is -0.119. The van der Waals surface area contributed by atoms with Crippen molar-refractivity contribution in [1.82, 2.24) is 24.5 Å². The van der Waals surface area contributed by atoms with Crippen LogP contribution in [-0.4, -0.2) is 36.4 Å². The van der Waals surface area contributed by atoms with E-state index in [1.807, 2.05) is 13.8 Å². The topological polar surface area (TPSA) is 121 Å². The summed E-state index contributed by atoms with van der Waals surface area (Å²) in [7, 11) is 0. The van der Waals surface area contributed by atoms with E-state index >= 15 is 0 Å². The van der Waals surface area contributed by atoms with Gasteiger partial charge in [0.05, 0.1) is 27.8 Å². The van der Waals surface area contributed by atoms with E-state index in [4.69, 9.17) is 17.3 Å². The molecule has 0 aromatic carbocycles. The third-order valence-corrected chi connectivity index (χ3v) is 7.80. The summed E-state index contributed by atoms with van der Waals surface area (Å²) >= 11 is 7.15. The van der Waals surface area contributed by atoms with Crippen LogP contribution in [0.1, 0.15) is 65.2 Å². The molecule has 0 bridgehead atoms. The molecule has 37 heavy (non-hydrogen) atoms. The predicted octanol–water partition coefficient (Wildman–Crippen LogP) is 5.58. The number of hydrogen-bond donors (Lipinski definition) is 2. The van der Waals surface area contributed by atoms with Gasteiger partial charge in [0.15, 0.2) is 0 Å². The van der Waals surface area contributed by atoms with Crippen molar-refractivity contribution in [3.8, 4) is 11.1 Å². The number of amides is 2. The molecule has 196 valence electrons. The number of rotatable bonds is 8. The minimum Gasteiger partial charge on any atom is -0.365 e. The molecule has 9 nitrogen and oxygen atoms in total. The van der Waals surface area contributed by atoms with Gasteiger partial charge in [-0.05, 0) is 45.7 Å². The fourth-order valence-electron chi connectivity index (χ4n) is 4.30. The maximum Gasteiger partial charge on any atom is 0.280 e. The van der Waals surface area contributed by atoms with Gasteiger partial charge in [0, 0.05) is 23.7 Å². The number of carbonyl (C=O) groups is 2. The smallest absolute Gasteiger partial charge is 0.280 e. The lowest BCUT2D eigenvalue weighted by Gasteiger charge is -2.18. The van der Waals surface area contributed by atoms with E-state index in [0.717, 1.165) is 11.3 Å². The quantitative estimate of drug-likeness (QED) is 0.297. The molecule has 1 atom stereocenters. The molecule has 4 aromatic rings. The summed E-state index contributed by atoms with van der Waals surface area (Å²) in [6, 6.07) is 0.519. The molecule has 0 aliphatic carbocycles. The fraction of sp³-hybridized carbons (Fsp3) is 0.375. The fourth-order valence-corrected chi connectivity index (χ4v) is 5.44. The third-order valence-electron chi connectivity index (χ3n) is 6.16. The molecule has 0 saturated heterocycles. The van der Waals surface area contributed by atoms with Gasteiger partial charge in [-0.15, -0.1) is 11.3 Å². The number of aromatic nitrogens is 5. The summed E-state index contributed by atoms with van der Waals surface area (Å²) < 4.78 is 30.8. The van der Waals surface area contributed by atoms with E-state index in [1.54, 1.807) is 31.6 Å². The number of nitrogens with zero attached hydrogens (tertiary/aromatic N) is 5. The molecular weight excluding hydrogens is 524 g/mol. The molecule has 0 saturated carbocycles. The molecule has 0 radical (unpaired) electrons. The van der Waals surface area contributed by atoms with Gasteiger partial charge in [0.1, 0.15) is 21.4 Å². The van der Waals surface area contributed by atoms with Crippen LogP contribution in [0.25, 0.3) is 21.3 Å². The van der Waals surface area contributed by atoms with E-state index in [9.17, 15) is 18.4 Å². The Kier molecular flexibility index (Phi) is 7.33. The average Bonchev–Trinajstić information content (AvgIpc) is 3.49. The highest BCUT2D eigenvalue weighted by molar-refractivity contribution is 7.21. The first-order valence-electron chi connectivity index (χ1n) is 11.6. The zero-order valence-electron chi connectivity index (χ0n) is 20.9. The first-order valence-corrected chi connectivity index (χ1v) is 12.8. The van der Waals surface area contributed by atoms with Crippen molar-refractivity contribution in [2.75, 3.05) is 5.32 Å². The Bertz CT molecular complexity index is 1530. The zero-order valence-corrected chi connectivity index (χ0v) is 22.5. The molecule has 4 heterocycles. The predicted molar refractivity (Wildman–Crippen MR) is 139 cm³/mol. The number of nitrogens with one attached hydrogen (secondary N) is 1. The standard InChI is InChI=1S/C24H26ClF2N7O2S/c1-6-16(34-12(5)18(25)11(4)32-34)23(36)30-19-17-13(14-9-33(7-2)31-10(14)3)8-15(21(26)27)29-24(17)37-20(19)22(28)35/h8-9,16,21H,6-7H2,1-5H3,(H2,28,35)(H,30,36). The summed E-state index contributed by atoms with van der Waals surface area (Å²) in [6.45, 7) is 9.55. The molecule has 0 spiro atoms. The van der Waals surface area contributed by atoms with Crippen LogP contribution in [0.2, 0.25) is 5.02 Å². The molecule has 0 aliphatic rings. The lowest BCUT2D eigenvalue weighted by atomic mass is 10.0. The summed E-state index contributed by atoms with van der Waals surface area (Å²) in [4.78, 5) is 30.2. The second-order valence-corrected chi connectivity index (χ2v) is 9.95. The molecule has 0 aliphatic heterocycles. The Morgan fingerprint density at radius 1 is 1.16 bits per heavy atom. The second kappa shape index (κ2) is 10.2. The van der Waals surface area contributed by atoms with Gasteiger partial charge in [-0.25, -0.2) is 13.8 Å². The second-order valence-electron chi connectivity index (χ2n) is 8.57. The van der Waals surface area contributed by atoms with Crippen LogP contribution < -0.4 is 11.1 Å². The molecule has 3 N–H and O–H groups in total. The molecular formula is C24H26ClF2N7O2S. The van der Waals surface area contributed by atoms with Gasteiger partial charge in [-0.3, -0.25) is 19.0 Å². The van der Waals surface area contributed by atoms with Crippen molar-refractivity contribution in [2.24, 2.45) is 5.73 Å². The maximum absolute atomic E-state index is 13.8. The van der Waals surface area contributed by atoms with E-state index < -0.39 is 30.0 Å². The molecule has 4 aromatic heterocycles. The third kappa shape index (κ3) is 4.71. The maximum atomic E-state index is 13.8. The van der Waals surface area contributed by atoms with Crippen LogP contribution >= 0.6 is 22.9 Å². The van der Waals surface area contributed by atoms with Crippen molar-refractivity contribution in [3.63, 3.8) is 0 Å². The van der Waals surface area contributed by atoms with Crippen LogP contribution in [0.15, 0.2) is 12.3 Å². The van der Waals surface area contributed by atoms with E-state index in [2.05, 4.69) is 20.5 Å². The first-order chi connectivity index (χ1) is 17.5. The molecule has 13 heteroatoms. The molecule has 0 fully saturated rings. The van der Waals surface area contributed by atoms with Gasteiger partial charge in [-0.2, -0.15) is 10.2 Å². The number of anilines is 1. The van der Waals surface area contributed by atoms with Crippen molar-refractivity contribution < 1.29 is 18.4 Å². The van der Waals surface area contributed by atoms with Gasteiger partial charge in [0.25, 0.3) is 12.3 Å². The summed E-state index contributed by atoms with van der Waals surface area (Å²) in [5, 5.41) is 12.5. The van der Waals surface area contributed by atoms with Crippen molar-refractivity contribution in [1.29, 1.82) is 0 Å². The number of carbonyl (C=O) groups excluding carboxylic acids is 2. The van der Waals surface area contributed by atoms with Crippen LogP contribution in [-0.2, 0) is 11.3 Å². The molecule has 2 amide bonds. The van der Waals surface area contributed by atoms with E-state index in [1.165, 1.54) is 10.7 Å². The molecule has 4 rings (SSSR count). The van der Waals surface area contributed by atoms with Crippen molar-refractivity contribution >= 4 is 50.7 Å². The van der Waals surface area contributed by atoms with Gasteiger partial charge in [0.2, 0.25) is 5.91 Å². The minimum absolute atomic E-state index is 0.00491. The first kappa shape index (κ1) is 26.7. The number of halogens is 3. The Balaban J connectivity index is 1.93. The minimum atomic E-state index is -2.85. The van der Waals surface area contributed by atoms with Crippen molar-refractivity contribution in [2.45, 2.75) is 60.1 Å². The van der Waals surface area contributed by atoms with Crippen molar-refractivity contribution in [3.05, 3.63) is 44.9 Å². The normalized spacial score (nSPS) is 12.5. The van der Waals surface area contributed by atoms with Gasteiger partial charge < -0.3 is 11.1 Å². The van der Waals surface area contributed by atoms with E-state index in [-0.39, 0.29) is 15.4 Å². The summed E-state index contributed by atoms with van der Waals surface area (Å²) in [6.07, 6.45) is -0.734. The van der Waals surface area contributed by atoms with Crippen LogP contribution in [0.3, 0.4) is 0 Å². The number of aryl methyl sites for hydroxylation is 3. The Morgan fingerprint density at radius 3 is 2.38 bits per heavy atom. The number of pyridine rings is 1. The highest BCUT2D eigenvalue weighted by Crippen LogP contribution is 2.43. The number of primary amides is 1. The number of alkyl halides is 2. The summed E-state index contributed by atoms with van der Waals surface area (Å²) in [5.74, 6) is -1.28. The largest absolute Gasteiger partial charge is 0.365 e. The SMILES string of the molecule is CCC(C(=O)Nc1c(C(N)=O)sc2nc(C(F)F)cc(-c3cn(CC)nc3C)c12)n1nc(C)c(Cl)c1C. The van der Waals surface area contributed by atoms with Gasteiger partial charge in [-0.1, -0.05) is 18.5 Å². The van der Waals surface area contributed by atoms with Crippen LogP contribution in [0, 0.1) is 20.8 Å². The lowest BCUT2D eigenvalue weighted by Crippen LogP contribution is -2.28. The number of fused-ring (bicyclic) bond motifs is 1. The Labute approximate surface area is 220 Å². The molecule has 1 unspecified atom stereocenters. The Morgan fingerprint density at radius 2 is 1.86 bits per heavy atom. The number of nitrogens with two attached hydrogens (primary N) is 1. The number of thiophene rings is 1. The zero-order chi connectivity index (χ0) is 27.2. The number of hydrogen-bond acceptors (Lipinski definition) is 6. The highest BCUT2D eigenvalue weighted by atomic mass is 35.5.